The quantitative estimate of drug-likeness (QED) is 0.767. The maximum Gasteiger partial charge on any atom is 0.252 e. The van der Waals surface area contributed by atoms with Crippen molar-refractivity contribution in [3.05, 3.63) is 53.9 Å². The molecule has 1 aromatic heterocycles. The second kappa shape index (κ2) is 6.91. The van der Waals surface area contributed by atoms with Gasteiger partial charge in [0.05, 0.1) is 13.7 Å². The predicted molar refractivity (Wildman–Crippen MR) is 76.6 cm³/mol. The number of methoxy groups -OCH3 is 1. The molecule has 0 amide bonds. The second-order valence-corrected chi connectivity index (χ2v) is 4.44. The first kappa shape index (κ1) is 14.3. The lowest BCUT2D eigenvalue weighted by Crippen LogP contribution is -2.04. The Balaban J connectivity index is 2.04. The highest BCUT2D eigenvalue weighted by molar-refractivity contribution is 6.67. The third-order valence-corrected chi connectivity index (χ3v) is 2.98. The van der Waals surface area contributed by atoms with Gasteiger partial charge in [-0.3, -0.25) is 9.78 Å². The van der Waals surface area contributed by atoms with E-state index >= 15 is 0 Å². The number of nitrogens with zero attached hydrogens (tertiary/aromatic N) is 1. The number of hydrogen-bond donors (Lipinski definition) is 0. The molecule has 1 aromatic carbocycles. The summed E-state index contributed by atoms with van der Waals surface area (Å²) in [5.74, 6) is 1.07. The van der Waals surface area contributed by atoms with Crippen LogP contribution in [0.3, 0.4) is 0 Å². The summed E-state index contributed by atoms with van der Waals surface area (Å²) in [6.45, 7) is 0.460. The average molecular weight is 292 g/mol. The molecule has 0 fully saturated rings. The van der Waals surface area contributed by atoms with Crippen LogP contribution < -0.4 is 9.47 Å². The highest BCUT2D eigenvalue weighted by Crippen LogP contribution is 2.28. The molecule has 104 valence electrons. The van der Waals surface area contributed by atoms with Gasteiger partial charge in [0.25, 0.3) is 5.24 Å². The van der Waals surface area contributed by atoms with Gasteiger partial charge in [0, 0.05) is 24.4 Å². The van der Waals surface area contributed by atoms with E-state index in [0.29, 0.717) is 23.7 Å². The molecule has 0 aliphatic rings. The molecule has 0 atom stereocenters. The minimum absolute atomic E-state index is 0.379. The third kappa shape index (κ3) is 3.71. The van der Waals surface area contributed by atoms with Gasteiger partial charge >= 0.3 is 0 Å². The lowest BCUT2D eigenvalue weighted by atomic mass is 10.2. The number of pyridine rings is 1. The number of rotatable bonds is 6. The van der Waals surface area contributed by atoms with Crippen LogP contribution in [0.1, 0.15) is 15.9 Å². The summed E-state index contributed by atoms with van der Waals surface area (Å²) in [7, 11) is 1.55. The molecule has 0 unspecified atom stereocenters. The average Bonchev–Trinajstić information content (AvgIpc) is 2.48. The third-order valence-electron chi connectivity index (χ3n) is 2.76. The number of halogens is 1. The Morgan fingerprint density at radius 2 is 2.15 bits per heavy atom. The Labute approximate surface area is 122 Å². The van der Waals surface area contributed by atoms with E-state index in [4.69, 9.17) is 21.1 Å². The van der Waals surface area contributed by atoms with Gasteiger partial charge in [0.1, 0.15) is 0 Å². The van der Waals surface area contributed by atoms with Crippen molar-refractivity contribution in [1.29, 1.82) is 0 Å². The number of carbonyl (C=O) groups is 1. The first-order valence-corrected chi connectivity index (χ1v) is 6.48. The van der Waals surface area contributed by atoms with E-state index in [1.165, 1.54) is 0 Å². The Hall–Kier alpha value is -2.07. The molecule has 0 saturated heterocycles. The van der Waals surface area contributed by atoms with Gasteiger partial charge in [0.2, 0.25) is 0 Å². The van der Waals surface area contributed by atoms with Crippen LogP contribution >= 0.6 is 11.6 Å². The predicted octanol–water partition coefficient (Wildman–Crippen LogP) is 3.09. The van der Waals surface area contributed by atoms with Crippen molar-refractivity contribution in [1.82, 2.24) is 4.98 Å². The van der Waals surface area contributed by atoms with Gasteiger partial charge in [-0.15, -0.1) is 0 Å². The van der Waals surface area contributed by atoms with Crippen LogP contribution in [0.25, 0.3) is 0 Å². The fourth-order valence-corrected chi connectivity index (χ4v) is 1.85. The fraction of sp³-hybridized carbons (Fsp3) is 0.200. The van der Waals surface area contributed by atoms with Gasteiger partial charge in [-0.1, -0.05) is 6.07 Å². The molecule has 4 nitrogen and oxygen atoms in total. The SMILES string of the molecule is COc1ccc(C(=O)Cl)cc1OCCc1cccnc1. The molecule has 20 heavy (non-hydrogen) atoms. The minimum atomic E-state index is -0.523. The first-order valence-electron chi connectivity index (χ1n) is 6.10. The topological polar surface area (TPSA) is 48.4 Å². The summed E-state index contributed by atoms with van der Waals surface area (Å²) in [5, 5.41) is -0.523. The summed E-state index contributed by atoms with van der Waals surface area (Å²) in [4.78, 5) is 15.2. The maximum atomic E-state index is 11.2. The molecule has 0 bridgehead atoms. The second-order valence-electron chi connectivity index (χ2n) is 4.10. The standard InChI is InChI=1S/C15H14ClNO3/c1-19-13-5-4-12(15(16)18)9-14(13)20-8-6-11-3-2-7-17-10-11/h2-5,7,9-10H,6,8H2,1H3. The Morgan fingerprint density at radius 1 is 1.30 bits per heavy atom. The molecule has 0 radical (unpaired) electrons. The Morgan fingerprint density at radius 3 is 2.80 bits per heavy atom. The molecule has 0 spiro atoms. The zero-order chi connectivity index (χ0) is 14.4. The molecule has 5 heteroatoms. The Kier molecular flexibility index (Phi) is 4.96. The summed E-state index contributed by atoms with van der Waals surface area (Å²) in [6, 6.07) is 8.70. The van der Waals surface area contributed by atoms with Crippen molar-refractivity contribution < 1.29 is 14.3 Å². The van der Waals surface area contributed by atoms with Crippen LogP contribution in [0.5, 0.6) is 11.5 Å². The van der Waals surface area contributed by atoms with Gasteiger partial charge in [0.15, 0.2) is 11.5 Å². The highest BCUT2D eigenvalue weighted by atomic mass is 35.5. The molecule has 2 rings (SSSR count). The lowest BCUT2D eigenvalue weighted by molar-refractivity contribution is 0.108. The molecule has 0 N–H and O–H groups in total. The number of ether oxygens (including phenoxy) is 2. The van der Waals surface area contributed by atoms with Gasteiger partial charge in [-0.25, -0.2) is 0 Å². The Bertz CT molecular complexity index is 587. The van der Waals surface area contributed by atoms with E-state index in [1.807, 2.05) is 12.1 Å². The summed E-state index contributed by atoms with van der Waals surface area (Å²) >= 11 is 5.46. The summed E-state index contributed by atoms with van der Waals surface area (Å²) in [6.07, 6.45) is 4.23. The molecule has 0 aliphatic heterocycles. The van der Waals surface area contributed by atoms with Crippen molar-refractivity contribution in [2.45, 2.75) is 6.42 Å². The van der Waals surface area contributed by atoms with Crippen molar-refractivity contribution in [3.63, 3.8) is 0 Å². The molecular formula is C15H14ClNO3. The molecule has 2 aromatic rings. The zero-order valence-electron chi connectivity index (χ0n) is 11.0. The number of benzene rings is 1. The van der Waals surface area contributed by atoms with Gasteiger partial charge in [-0.2, -0.15) is 0 Å². The summed E-state index contributed by atoms with van der Waals surface area (Å²) < 4.78 is 10.9. The van der Waals surface area contributed by atoms with E-state index in [1.54, 1.807) is 37.7 Å². The van der Waals surface area contributed by atoms with Crippen LogP contribution in [-0.4, -0.2) is 23.9 Å². The largest absolute Gasteiger partial charge is 0.493 e. The fourth-order valence-electron chi connectivity index (χ4n) is 1.74. The van der Waals surface area contributed by atoms with Crippen molar-refractivity contribution in [2.24, 2.45) is 0 Å². The monoisotopic (exact) mass is 291 g/mol. The molecule has 0 saturated carbocycles. The smallest absolute Gasteiger partial charge is 0.252 e. The van der Waals surface area contributed by atoms with Crippen LogP contribution in [0, 0.1) is 0 Å². The number of carbonyl (C=O) groups excluding carboxylic acids is 1. The van der Waals surface area contributed by atoms with Crippen LogP contribution in [0.2, 0.25) is 0 Å². The number of hydrogen-bond acceptors (Lipinski definition) is 4. The molecule has 0 aliphatic carbocycles. The zero-order valence-corrected chi connectivity index (χ0v) is 11.8. The molecular weight excluding hydrogens is 278 g/mol. The van der Waals surface area contributed by atoms with Crippen molar-refractivity contribution in [3.8, 4) is 11.5 Å². The van der Waals surface area contributed by atoms with E-state index in [-0.39, 0.29) is 0 Å². The van der Waals surface area contributed by atoms with E-state index in [2.05, 4.69) is 4.98 Å². The normalized spacial score (nSPS) is 10.1. The van der Waals surface area contributed by atoms with E-state index < -0.39 is 5.24 Å². The van der Waals surface area contributed by atoms with Gasteiger partial charge in [-0.05, 0) is 41.4 Å². The van der Waals surface area contributed by atoms with Gasteiger partial charge < -0.3 is 9.47 Å². The number of aromatic nitrogens is 1. The lowest BCUT2D eigenvalue weighted by Gasteiger charge is -2.11. The summed E-state index contributed by atoms with van der Waals surface area (Å²) in [5.41, 5.74) is 1.46. The first-order chi connectivity index (χ1) is 9.70. The minimum Gasteiger partial charge on any atom is -0.493 e. The highest BCUT2D eigenvalue weighted by Gasteiger charge is 2.09. The van der Waals surface area contributed by atoms with Crippen LogP contribution in [0.4, 0.5) is 0 Å². The maximum absolute atomic E-state index is 11.2. The molecule has 1 heterocycles. The van der Waals surface area contributed by atoms with Crippen molar-refractivity contribution in [2.75, 3.05) is 13.7 Å². The van der Waals surface area contributed by atoms with E-state index in [9.17, 15) is 4.79 Å². The van der Waals surface area contributed by atoms with Crippen LogP contribution in [0.15, 0.2) is 42.7 Å². The van der Waals surface area contributed by atoms with Crippen molar-refractivity contribution >= 4 is 16.8 Å². The van der Waals surface area contributed by atoms with Crippen LogP contribution in [-0.2, 0) is 6.42 Å². The van der Waals surface area contributed by atoms with E-state index in [0.717, 1.165) is 12.0 Å².